The molecule has 7 fully saturated rings. The maximum absolute atomic E-state index is 14.9. The van der Waals surface area contributed by atoms with Crippen molar-refractivity contribution in [1.82, 2.24) is 0 Å². The first-order valence-electron chi connectivity index (χ1n) is 23.9. The molecule has 0 amide bonds. The fourth-order valence-corrected chi connectivity index (χ4v) is 14.7. The number of carbonyl (C=O) groups is 1. The molecular formula is C47H76O18. The zero-order chi connectivity index (χ0) is 47.4. The summed E-state index contributed by atoms with van der Waals surface area (Å²) in [5.41, 5.74) is -1.23. The highest BCUT2D eigenvalue weighted by atomic mass is 16.7. The van der Waals surface area contributed by atoms with E-state index in [1.54, 1.807) is 0 Å². The van der Waals surface area contributed by atoms with Gasteiger partial charge in [0.1, 0.15) is 67.1 Å². The van der Waals surface area contributed by atoms with Crippen molar-refractivity contribution in [3.63, 3.8) is 0 Å². The number of hydrogen-bond acceptors (Lipinski definition) is 18. The van der Waals surface area contributed by atoms with Gasteiger partial charge in [-0.15, -0.1) is 0 Å². The smallest absolute Gasteiger partial charge is 0.315 e. The van der Waals surface area contributed by atoms with Crippen LogP contribution in [0.5, 0.6) is 0 Å². The maximum atomic E-state index is 14.9. The van der Waals surface area contributed by atoms with Crippen LogP contribution in [0.1, 0.15) is 106 Å². The molecule has 8 aliphatic rings. The van der Waals surface area contributed by atoms with Crippen molar-refractivity contribution in [2.75, 3.05) is 26.4 Å². The Morgan fingerprint density at radius 2 is 1.32 bits per heavy atom. The molecule has 0 bridgehead atoms. The van der Waals surface area contributed by atoms with Crippen molar-refractivity contribution >= 4 is 5.97 Å². The third kappa shape index (κ3) is 7.89. The lowest BCUT2D eigenvalue weighted by atomic mass is 9.33. The van der Waals surface area contributed by atoms with Crippen molar-refractivity contribution < 1.29 is 89.4 Å². The van der Waals surface area contributed by atoms with Crippen LogP contribution >= 0.6 is 0 Å². The summed E-state index contributed by atoms with van der Waals surface area (Å²) in [6.07, 6.45) is -12.5. The molecule has 372 valence electrons. The van der Waals surface area contributed by atoms with Crippen molar-refractivity contribution in [2.45, 2.75) is 198 Å². The van der Waals surface area contributed by atoms with Gasteiger partial charge in [-0.3, -0.25) is 4.79 Å². The lowest BCUT2D eigenvalue weighted by molar-refractivity contribution is -0.328. The van der Waals surface area contributed by atoms with Gasteiger partial charge in [-0.2, -0.15) is 0 Å². The summed E-state index contributed by atoms with van der Waals surface area (Å²) in [5.74, 6) is -0.485. The van der Waals surface area contributed by atoms with Crippen LogP contribution in [0.2, 0.25) is 0 Å². The minimum atomic E-state index is -1.81. The molecule has 3 heterocycles. The number of allylic oxidation sites excluding steroid dienone is 2. The molecule has 0 aromatic heterocycles. The van der Waals surface area contributed by atoms with E-state index in [2.05, 4.69) is 47.6 Å². The van der Waals surface area contributed by atoms with Gasteiger partial charge in [0, 0.05) is 5.41 Å². The molecule has 18 nitrogen and oxygen atoms in total. The Kier molecular flexibility index (Phi) is 13.7. The van der Waals surface area contributed by atoms with Gasteiger partial charge in [-0.1, -0.05) is 53.2 Å². The second kappa shape index (κ2) is 17.8. The van der Waals surface area contributed by atoms with Gasteiger partial charge >= 0.3 is 5.97 Å². The van der Waals surface area contributed by atoms with Crippen LogP contribution in [0, 0.1) is 50.2 Å². The van der Waals surface area contributed by atoms with E-state index in [1.165, 1.54) is 5.57 Å². The number of hydrogen-bond donors (Lipinski definition) is 11. The molecule has 11 N–H and O–H groups in total. The Hall–Kier alpha value is -1.43. The summed E-state index contributed by atoms with van der Waals surface area (Å²) in [6, 6.07) is 0. The standard InChI is InChI=1S/C47H76O18/c1-42(2)13-15-47(41(59)65-40-37(58)34(55)32(53)26(63-40)20-61-38-36(57)33(54)31(52)25(18-48)62-38)16-14-45(5)22(23(47)17-42)7-8-28-43(3)11-10-29(64-39-35(56)30(51)24(50)19-60-39)44(4,21-49)27(43)9-12-46(28,45)6/h7,23-40,48-58H,8-21H2,1-6H3/t23-,24+,25+,26+,27+,28+,29-,30-,31+,32+,33-,34-,35+,36+,37+,38+,39-,40-,43-,44-,45+,46+,47-/m0/s1. The van der Waals surface area contributed by atoms with Crippen molar-refractivity contribution in [2.24, 2.45) is 50.2 Å². The van der Waals surface area contributed by atoms with Crippen LogP contribution in [-0.4, -0.2) is 181 Å². The molecule has 3 saturated heterocycles. The van der Waals surface area contributed by atoms with E-state index in [0.29, 0.717) is 25.7 Å². The van der Waals surface area contributed by atoms with Crippen LogP contribution in [-0.2, 0) is 33.2 Å². The summed E-state index contributed by atoms with van der Waals surface area (Å²) in [6.45, 7) is 12.1. The highest BCUT2D eigenvalue weighted by molar-refractivity contribution is 5.79. The number of carbonyl (C=O) groups excluding carboxylic acids is 1. The molecule has 0 unspecified atom stereocenters. The number of aliphatic hydroxyl groups excluding tert-OH is 11. The number of aliphatic hydroxyl groups is 11. The van der Waals surface area contributed by atoms with Crippen molar-refractivity contribution in [3.8, 4) is 0 Å². The average Bonchev–Trinajstić information content (AvgIpc) is 3.26. The largest absolute Gasteiger partial charge is 0.432 e. The molecule has 0 aromatic carbocycles. The Morgan fingerprint density at radius 3 is 2.00 bits per heavy atom. The van der Waals surface area contributed by atoms with E-state index in [0.717, 1.165) is 38.5 Å². The van der Waals surface area contributed by atoms with Crippen LogP contribution in [0.25, 0.3) is 0 Å². The highest BCUT2D eigenvalue weighted by Crippen LogP contribution is 2.76. The predicted molar refractivity (Wildman–Crippen MR) is 226 cm³/mol. The SMILES string of the molecule is CC1(C)CC[C@]2(C(=O)O[C@@H]3O[C@H](CO[C@@H]4O[C@H](CO)[C@@H](O)[C@H](O)[C@H]4O)[C@@H](O)[C@H](O)[C@H]3O)CC[C@]3(C)C(=CC[C@@H]4[C@@]5(C)CC[C@H](O[C@@H]6OC[C@@H](O)[C@H](O)[C@H]6O)[C@@](C)(CO)[C@@H]5CC[C@]43C)[C@@H]2C1. The van der Waals surface area contributed by atoms with Gasteiger partial charge in [0.2, 0.25) is 6.29 Å². The van der Waals surface area contributed by atoms with Crippen molar-refractivity contribution in [1.29, 1.82) is 0 Å². The van der Waals surface area contributed by atoms with E-state index < -0.39 is 122 Å². The summed E-state index contributed by atoms with van der Waals surface area (Å²) in [4.78, 5) is 14.9. The van der Waals surface area contributed by atoms with Gasteiger partial charge in [0.15, 0.2) is 12.6 Å². The molecule has 4 saturated carbocycles. The fraction of sp³-hybridized carbons (Fsp3) is 0.936. The second-order valence-electron chi connectivity index (χ2n) is 22.9. The van der Waals surface area contributed by atoms with Crippen LogP contribution in [0.15, 0.2) is 11.6 Å². The molecule has 0 radical (unpaired) electrons. The quantitative estimate of drug-likeness (QED) is 0.0808. The van der Waals surface area contributed by atoms with Crippen molar-refractivity contribution in [3.05, 3.63) is 11.6 Å². The number of rotatable bonds is 9. The van der Waals surface area contributed by atoms with E-state index >= 15 is 0 Å². The Morgan fingerprint density at radius 1 is 0.692 bits per heavy atom. The first kappa shape index (κ1) is 50.0. The lowest BCUT2D eigenvalue weighted by Crippen LogP contribution is -2.67. The molecule has 18 heteroatoms. The van der Waals surface area contributed by atoms with Crippen LogP contribution < -0.4 is 0 Å². The molecule has 3 aliphatic heterocycles. The molecule has 8 rings (SSSR count). The van der Waals surface area contributed by atoms with Gasteiger partial charge in [-0.05, 0) is 104 Å². The lowest BCUT2D eigenvalue weighted by Gasteiger charge is -2.71. The van der Waals surface area contributed by atoms with Gasteiger partial charge in [-0.25, -0.2) is 0 Å². The van der Waals surface area contributed by atoms with E-state index in [-0.39, 0.29) is 52.6 Å². The summed E-state index contributed by atoms with van der Waals surface area (Å²) < 4.78 is 35.2. The predicted octanol–water partition coefficient (Wildman–Crippen LogP) is -0.248. The monoisotopic (exact) mass is 929 g/mol. The second-order valence-corrected chi connectivity index (χ2v) is 22.9. The van der Waals surface area contributed by atoms with Crippen LogP contribution in [0.3, 0.4) is 0 Å². The van der Waals surface area contributed by atoms with E-state index in [4.69, 9.17) is 28.4 Å². The molecule has 0 spiro atoms. The third-order valence-electron chi connectivity index (χ3n) is 19.0. The summed E-state index contributed by atoms with van der Waals surface area (Å²) >= 11 is 0. The molecule has 5 aliphatic carbocycles. The minimum absolute atomic E-state index is 0.0557. The Balaban J connectivity index is 1.02. The summed E-state index contributed by atoms with van der Waals surface area (Å²) in [7, 11) is 0. The van der Waals surface area contributed by atoms with Gasteiger partial charge in [0.05, 0.1) is 37.9 Å². The molecular weight excluding hydrogens is 852 g/mol. The average molecular weight is 929 g/mol. The topological polar surface area (TPSA) is 295 Å². The fourth-order valence-electron chi connectivity index (χ4n) is 14.7. The molecule has 23 atom stereocenters. The first-order valence-corrected chi connectivity index (χ1v) is 23.9. The maximum Gasteiger partial charge on any atom is 0.315 e. The van der Waals surface area contributed by atoms with Gasteiger partial charge in [0.25, 0.3) is 0 Å². The molecule has 0 aromatic rings. The van der Waals surface area contributed by atoms with E-state index in [1.807, 2.05) is 0 Å². The Labute approximate surface area is 380 Å². The number of esters is 1. The van der Waals surface area contributed by atoms with E-state index in [9.17, 15) is 61.0 Å². The zero-order valence-electron chi connectivity index (χ0n) is 38.6. The Bertz CT molecular complexity index is 1760. The minimum Gasteiger partial charge on any atom is -0.432 e. The first-order chi connectivity index (χ1) is 30.4. The summed E-state index contributed by atoms with van der Waals surface area (Å²) in [5, 5.41) is 116. The van der Waals surface area contributed by atoms with Crippen LogP contribution in [0.4, 0.5) is 0 Å². The molecule has 65 heavy (non-hydrogen) atoms. The third-order valence-corrected chi connectivity index (χ3v) is 19.0. The zero-order valence-corrected chi connectivity index (χ0v) is 38.6. The highest BCUT2D eigenvalue weighted by Gasteiger charge is 2.70. The van der Waals surface area contributed by atoms with Gasteiger partial charge < -0.3 is 84.6 Å². The number of ether oxygens (including phenoxy) is 6. The number of fused-ring (bicyclic) bond motifs is 7. The normalized spacial score (nSPS) is 54.3.